The average molecular weight is 869 g/mol. The van der Waals surface area contributed by atoms with Crippen LogP contribution in [0, 0.1) is 5.92 Å². The van der Waals surface area contributed by atoms with Gasteiger partial charge in [0.1, 0.15) is 12.7 Å². The number of allylic oxidation sites excluding steroid dienone is 5. The lowest BCUT2D eigenvalue weighted by atomic mass is 10.0. The third kappa shape index (κ3) is 41.1. The second-order valence-electron chi connectivity index (χ2n) is 15.3. The SMILES string of the molecule is CCCCCCCC/C=C/C/C=C/C=C/C(O)CCCC(=O)O[C@H](COC(=O)CCCCCCCCCCCCC(C)C)COP(=O)(O)OC[C@@H](O)COP(=O)(O)O. The van der Waals surface area contributed by atoms with E-state index in [2.05, 4.69) is 42.0 Å². The molecule has 0 fully saturated rings. The molecule has 0 aromatic rings. The lowest BCUT2D eigenvalue weighted by molar-refractivity contribution is -0.161. The molecule has 4 atom stereocenters. The highest BCUT2D eigenvalue weighted by atomic mass is 31.2. The summed E-state index contributed by atoms with van der Waals surface area (Å²) in [5.41, 5.74) is 0. The van der Waals surface area contributed by atoms with Gasteiger partial charge in [0.2, 0.25) is 0 Å². The van der Waals surface area contributed by atoms with Crippen molar-refractivity contribution in [2.24, 2.45) is 5.92 Å². The highest BCUT2D eigenvalue weighted by Crippen LogP contribution is 2.43. The van der Waals surface area contributed by atoms with Gasteiger partial charge < -0.3 is 34.4 Å². The van der Waals surface area contributed by atoms with Gasteiger partial charge in [0, 0.05) is 12.8 Å². The van der Waals surface area contributed by atoms with E-state index in [0.717, 1.165) is 38.0 Å². The van der Waals surface area contributed by atoms with Crippen molar-refractivity contribution in [2.45, 2.75) is 187 Å². The molecule has 0 amide bonds. The van der Waals surface area contributed by atoms with Gasteiger partial charge in [-0.05, 0) is 44.4 Å². The van der Waals surface area contributed by atoms with Gasteiger partial charge >= 0.3 is 27.6 Å². The summed E-state index contributed by atoms with van der Waals surface area (Å²) in [6.07, 6.45) is 30.4. The molecule has 0 aliphatic heterocycles. The highest BCUT2D eigenvalue weighted by molar-refractivity contribution is 7.47. The van der Waals surface area contributed by atoms with E-state index in [4.69, 9.17) is 23.8 Å². The second kappa shape index (κ2) is 37.1. The van der Waals surface area contributed by atoms with Crippen molar-refractivity contribution in [3.05, 3.63) is 36.5 Å². The van der Waals surface area contributed by atoms with E-state index in [0.29, 0.717) is 6.42 Å². The van der Waals surface area contributed by atoms with E-state index < -0.39 is 72.3 Å². The van der Waals surface area contributed by atoms with E-state index in [1.807, 2.05) is 12.2 Å². The molecule has 0 aromatic heterocycles. The molecule has 0 saturated carbocycles. The van der Waals surface area contributed by atoms with Crippen LogP contribution in [0.2, 0.25) is 0 Å². The molecule has 0 aromatic carbocycles. The van der Waals surface area contributed by atoms with Crippen LogP contribution in [-0.4, -0.2) is 81.6 Å². The largest absolute Gasteiger partial charge is 0.472 e. The Hall–Kier alpha value is -1.70. The van der Waals surface area contributed by atoms with E-state index in [9.17, 15) is 33.8 Å². The van der Waals surface area contributed by atoms with Crippen LogP contribution in [0.4, 0.5) is 0 Å². The summed E-state index contributed by atoms with van der Waals surface area (Å²) >= 11 is 0. The molecule has 0 rings (SSSR count). The van der Waals surface area contributed by atoms with Gasteiger partial charge in [-0.2, -0.15) is 0 Å². The first-order valence-corrected chi connectivity index (χ1v) is 24.7. The van der Waals surface area contributed by atoms with Gasteiger partial charge in [-0.15, -0.1) is 0 Å². The monoisotopic (exact) mass is 868 g/mol. The molecular formula is C42H78O14P2. The number of phosphoric acid groups is 2. The normalized spacial score (nSPS) is 15.1. The number of ether oxygens (including phenoxy) is 2. The minimum Gasteiger partial charge on any atom is -0.462 e. The molecule has 340 valence electrons. The second-order valence-corrected chi connectivity index (χ2v) is 18.0. The molecule has 5 N–H and O–H groups in total. The van der Waals surface area contributed by atoms with Crippen molar-refractivity contribution in [2.75, 3.05) is 26.4 Å². The van der Waals surface area contributed by atoms with Crippen molar-refractivity contribution < 1.29 is 66.7 Å². The quantitative estimate of drug-likeness (QED) is 0.0127. The molecular weight excluding hydrogens is 790 g/mol. The Labute approximate surface area is 349 Å². The van der Waals surface area contributed by atoms with Crippen molar-refractivity contribution in [3.63, 3.8) is 0 Å². The van der Waals surface area contributed by atoms with Crippen molar-refractivity contribution >= 4 is 27.6 Å². The van der Waals surface area contributed by atoms with Gasteiger partial charge in [0.25, 0.3) is 0 Å². The minimum absolute atomic E-state index is 0.0915. The molecule has 0 bridgehead atoms. The Balaban J connectivity index is 4.71. The zero-order valence-electron chi connectivity index (χ0n) is 35.7. The molecule has 0 aliphatic carbocycles. The number of carbonyl (C=O) groups excluding carboxylic acids is 2. The van der Waals surface area contributed by atoms with Gasteiger partial charge in [0.15, 0.2) is 6.10 Å². The van der Waals surface area contributed by atoms with E-state index in [1.165, 1.54) is 83.5 Å². The Kier molecular flexibility index (Phi) is 36.0. The number of carbonyl (C=O) groups is 2. The first-order valence-electron chi connectivity index (χ1n) is 21.6. The van der Waals surface area contributed by atoms with E-state index >= 15 is 0 Å². The summed E-state index contributed by atoms with van der Waals surface area (Å²) < 4.78 is 47.6. The van der Waals surface area contributed by atoms with Crippen molar-refractivity contribution in [1.82, 2.24) is 0 Å². The number of hydrogen-bond donors (Lipinski definition) is 5. The van der Waals surface area contributed by atoms with Crippen LogP contribution in [0.25, 0.3) is 0 Å². The van der Waals surface area contributed by atoms with Gasteiger partial charge in [0.05, 0.1) is 25.9 Å². The molecule has 0 spiro atoms. The van der Waals surface area contributed by atoms with Crippen LogP contribution in [0.3, 0.4) is 0 Å². The number of esters is 2. The van der Waals surface area contributed by atoms with Crippen LogP contribution in [0.1, 0.15) is 168 Å². The summed E-state index contributed by atoms with van der Waals surface area (Å²) in [5, 5.41) is 20.0. The molecule has 0 heterocycles. The third-order valence-electron chi connectivity index (χ3n) is 9.05. The van der Waals surface area contributed by atoms with Gasteiger partial charge in [-0.1, -0.05) is 154 Å². The number of hydrogen-bond acceptors (Lipinski definition) is 11. The fourth-order valence-corrected chi connectivity index (χ4v) is 6.87. The molecule has 2 unspecified atom stereocenters. The molecule has 16 heteroatoms. The minimum atomic E-state index is -4.88. The first-order chi connectivity index (χ1) is 27.6. The van der Waals surface area contributed by atoms with Crippen LogP contribution in [-0.2, 0) is 41.8 Å². The Bertz CT molecular complexity index is 1200. The fourth-order valence-electron chi connectivity index (χ4n) is 5.72. The first kappa shape index (κ1) is 56.3. The van der Waals surface area contributed by atoms with E-state index in [-0.39, 0.29) is 25.7 Å². The Morgan fingerprint density at radius 2 is 1.17 bits per heavy atom. The van der Waals surface area contributed by atoms with Crippen LogP contribution >= 0.6 is 15.6 Å². The highest BCUT2D eigenvalue weighted by Gasteiger charge is 2.28. The van der Waals surface area contributed by atoms with Crippen molar-refractivity contribution in [1.29, 1.82) is 0 Å². The zero-order chi connectivity index (χ0) is 43.3. The topological polar surface area (TPSA) is 216 Å². The van der Waals surface area contributed by atoms with Crippen LogP contribution < -0.4 is 0 Å². The van der Waals surface area contributed by atoms with Gasteiger partial charge in [-0.25, -0.2) is 9.13 Å². The molecule has 0 aliphatic rings. The average Bonchev–Trinajstić information content (AvgIpc) is 3.16. The summed E-state index contributed by atoms with van der Waals surface area (Å²) in [5.74, 6) is -0.463. The van der Waals surface area contributed by atoms with Crippen molar-refractivity contribution in [3.8, 4) is 0 Å². The summed E-state index contributed by atoms with van der Waals surface area (Å²) in [4.78, 5) is 52.6. The predicted octanol–water partition coefficient (Wildman–Crippen LogP) is 9.72. The molecule has 14 nitrogen and oxygen atoms in total. The summed E-state index contributed by atoms with van der Waals surface area (Å²) in [6.45, 7) is 3.83. The molecule has 0 saturated heterocycles. The Morgan fingerprint density at radius 1 is 0.603 bits per heavy atom. The fraction of sp³-hybridized carbons (Fsp3) is 0.810. The number of phosphoric ester groups is 2. The Morgan fingerprint density at radius 3 is 1.81 bits per heavy atom. The maximum absolute atomic E-state index is 12.7. The number of aliphatic hydroxyl groups excluding tert-OH is 2. The predicted molar refractivity (Wildman–Crippen MR) is 227 cm³/mol. The maximum Gasteiger partial charge on any atom is 0.472 e. The smallest absolute Gasteiger partial charge is 0.462 e. The van der Waals surface area contributed by atoms with E-state index in [1.54, 1.807) is 12.2 Å². The maximum atomic E-state index is 12.7. The molecule has 58 heavy (non-hydrogen) atoms. The zero-order valence-corrected chi connectivity index (χ0v) is 37.5. The standard InChI is InChI=1S/C42H78O14P2/c1-4-5-6-7-8-9-10-11-12-16-19-22-25-29-38(43)30-27-32-42(46)56-40(36-55-58(50,51)54-34-39(44)33-53-57(47,48)49)35-52-41(45)31-26-23-20-17-14-13-15-18-21-24-28-37(2)3/h11-12,19,22,25,29,37-40,43-44H,4-10,13-18,20-21,23-24,26-28,30-36H2,1-3H3,(H,50,51)(H2,47,48,49)/b12-11+,22-19+,29-25+/t38?,39-,40+/m0/s1. The van der Waals surface area contributed by atoms with Gasteiger partial charge in [-0.3, -0.25) is 23.2 Å². The lowest BCUT2D eigenvalue weighted by Crippen LogP contribution is -2.30. The number of aliphatic hydroxyl groups is 2. The lowest BCUT2D eigenvalue weighted by Gasteiger charge is -2.20. The van der Waals surface area contributed by atoms with Crippen LogP contribution in [0.15, 0.2) is 36.5 Å². The summed E-state index contributed by atoms with van der Waals surface area (Å²) in [6, 6.07) is 0. The van der Waals surface area contributed by atoms with Crippen LogP contribution in [0.5, 0.6) is 0 Å². The number of unbranched alkanes of at least 4 members (excludes halogenated alkanes) is 15. The third-order valence-corrected chi connectivity index (χ3v) is 10.5. The number of rotatable bonds is 40. The summed E-state index contributed by atoms with van der Waals surface area (Å²) in [7, 11) is -9.74. The molecule has 0 radical (unpaired) electrons.